The summed E-state index contributed by atoms with van der Waals surface area (Å²) in [5, 5.41) is 9.99. The molecular formula is C18H25N3O4. The van der Waals surface area contributed by atoms with Crippen LogP contribution in [0.25, 0.3) is 0 Å². The van der Waals surface area contributed by atoms with Gasteiger partial charge in [0.1, 0.15) is 5.75 Å². The summed E-state index contributed by atoms with van der Waals surface area (Å²) >= 11 is 0. The SMILES string of the molecule is Cc1ccc(C(=O)N2CCN(C(=O)CN3CCOCC3)CC2)c(O)c1. The molecule has 7 nitrogen and oxygen atoms in total. The predicted molar refractivity (Wildman–Crippen MR) is 92.6 cm³/mol. The minimum Gasteiger partial charge on any atom is -0.507 e. The largest absolute Gasteiger partial charge is 0.507 e. The zero-order valence-electron chi connectivity index (χ0n) is 14.6. The van der Waals surface area contributed by atoms with Gasteiger partial charge in [-0.25, -0.2) is 0 Å². The van der Waals surface area contributed by atoms with Gasteiger partial charge in [-0.3, -0.25) is 14.5 Å². The molecular weight excluding hydrogens is 322 g/mol. The molecule has 25 heavy (non-hydrogen) atoms. The molecule has 0 radical (unpaired) electrons. The minimum atomic E-state index is -0.183. The Morgan fingerprint density at radius 2 is 1.68 bits per heavy atom. The van der Waals surface area contributed by atoms with E-state index in [0.717, 1.165) is 18.7 Å². The van der Waals surface area contributed by atoms with Gasteiger partial charge in [0.25, 0.3) is 5.91 Å². The van der Waals surface area contributed by atoms with Crippen LogP contribution in [0.1, 0.15) is 15.9 Å². The number of aryl methyl sites for hydroxylation is 1. The van der Waals surface area contributed by atoms with Crippen molar-refractivity contribution in [3.63, 3.8) is 0 Å². The molecule has 2 aliphatic heterocycles. The van der Waals surface area contributed by atoms with Crippen LogP contribution in [0.4, 0.5) is 0 Å². The number of phenolic OH excluding ortho intramolecular Hbond substituents is 1. The number of phenols is 1. The highest BCUT2D eigenvalue weighted by molar-refractivity contribution is 5.97. The van der Waals surface area contributed by atoms with E-state index in [1.807, 2.05) is 17.9 Å². The molecule has 1 aromatic rings. The number of nitrogens with zero attached hydrogens (tertiary/aromatic N) is 3. The molecule has 0 unspecified atom stereocenters. The van der Waals surface area contributed by atoms with Gasteiger partial charge in [-0.05, 0) is 24.6 Å². The molecule has 2 fully saturated rings. The Morgan fingerprint density at radius 3 is 2.32 bits per heavy atom. The fraction of sp³-hybridized carbons (Fsp3) is 0.556. The number of amides is 2. The predicted octanol–water partition coefficient (Wildman–Crippen LogP) is 0.317. The van der Waals surface area contributed by atoms with E-state index in [1.165, 1.54) is 0 Å². The molecule has 0 atom stereocenters. The Balaban J connectivity index is 1.52. The van der Waals surface area contributed by atoms with Gasteiger partial charge in [-0.2, -0.15) is 0 Å². The third-order valence-corrected chi connectivity index (χ3v) is 4.77. The first-order chi connectivity index (χ1) is 12.0. The lowest BCUT2D eigenvalue weighted by Gasteiger charge is -2.36. The maximum absolute atomic E-state index is 12.6. The molecule has 0 aromatic heterocycles. The van der Waals surface area contributed by atoms with Gasteiger partial charge in [0.15, 0.2) is 0 Å². The molecule has 7 heteroatoms. The topological polar surface area (TPSA) is 73.3 Å². The number of hydrogen-bond acceptors (Lipinski definition) is 5. The molecule has 1 N–H and O–H groups in total. The third kappa shape index (κ3) is 4.29. The lowest BCUT2D eigenvalue weighted by molar-refractivity contribution is -0.134. The van der Waals surface area contributed by atoms with E-state index in [2.05, 4.69) is 4.90 Å². The van der Waals surface area contributed by atoms with Crippen molar-refractivity contribution in [1.82, 2.24) is 14.7 Å². The molecule has 0 aliphatic carbocycles. The number of benzene rings is 1. The Hall–Kier alpha value is -2.12. The van der Waals surface area contributed by atoms with E-state index < -0.39 is 0 Å². The van der Waals surface area contributed by atoms with Gasteiger partial charge in [0.2, 0.25) is 5.91 Å². The molecule has 136 valence electrons. The molecule has 0 spiro atoms. The van der Waals surface area contributed by atoms with Crippen LogP contribution in [0.5, 0.6) is 5.75 Å². The second-order valence-corrected chi connectivity index (χ2v) is 6.58. The number of carbonyl (C=O) groups is 2. The minimum absolute atomic E-state index is 0.0100. The Labute approximate surface area is 147 Å². The monoisotopic (exact) mass is 347 g/mol. The van der Waals surface area contributed by atoms with Crippen LogP contribution < -0.4 is 0 Å². The molecule has 2 saturated heterocycles. The third-order valence-electron chi connectivity index (χ3n) is 4.77. The van der Waals surface area contributed by atoms with Crippen molar-refractivity contribution < 1.29 is 19.4 Å². The van der Waals surface area contributed by atoms with Crippen LogP contribution in [0.3, 0.4) is 0 Å². The summed E-state index contributed by atoms with van der Waals surface area (Å²) in [6.07, 6.45) is 0. The molecule has 1 aromatic carbocycles. The number of hydrogen-bond donors (Lipinski definition) is 1. The molecule has 0 saturated carbocycles. The summed E-state index contributed by atoms with van der Waals surface area (Å²) in [6.45, 7) is 7.24. The average molecular weight is 347 g/mol. The Kier molecular flexibility index (Phi) is 5.55. The fourth-order valence-corrected chi connectivity index (χ4v) is 3.20. The zero-order chi connectivity index (χ0) is 17.8. The van der Waals surface area contributed by atoms with Crippen molar-refractivity contribution in [3.05, 3.63) is 29.3 Å². The number of rotatable bonds is 3. The number of ether oxygens (including phenoxy) is 1. The van der Waals surface area contributed by atoms with Gasteiger partial charge in [-0.15, -0.1) is 0 Å². The summed E-state index contributed by atoms with van der Waals surface area (Å²) in [6, 6.07) is 5.06. The van der Waals surface area contributed by atoms with Gasteiger partial charge < -0.3 is 19.6 Å². The molecule has 2 heterocycles. The fourth-order valence-electron chi connectivity index (χ4n) is 3.20. The van der Waals surface area contributed by atoms with Crippen molar-refractivity contribution in [2.45, 2.75) is 6.92 Å². The van der Waals surface area contributed by atoms with E-state index in [1.54, 1.807) is 17.0 Å². The first-order valence-electron chi connectivity index (χ1n) is 8.71. The highest BCUT2D eigenvalue weighted by atomic mass is 16.5. The van der Waals surface area contributed by atoms with E-state index in [4.69, 9.17) is 4.74 Å². The summed E-state index contributed by atoms with van der Waals surface area (Å²) in [5.74, 6) is -0.0687. The van der Waals surface area contributed by atoms with Crippen molar-refractivity contribution >= 4 is 11.8 Å². The quantitative estimate of drug-likeness (QED) is 0.852. The number of morpholine rings is 1. The molecule has 3 rings (SSSR count). The summed E-state index contributed by atoms with van der Waals surface area (Å²) in [5.41, 5.74) is 1.23. The van der Waals surface area contributed by atoms with Gasteiger partial charge in [0, 0.05) is 39.3 Å². The lowest BCUT2D eigenvalue weighted by Crippen LogP contribution is -2.53. The highest BCUT2D eigenvalue weighted by Gasteiger charge is 2.27. The van der Waals surface area contributed by atoms with E-state index in [0.29, 0.717) is 51.5 Å². The standard InChI is InChI=1S/C18H25N3O4/c1-14-2-3-15(16(22)12-14)18(24)21-6-4-20(5-7-21)17(23)13-19-8-10-25-11-9-19/h2-3,12,22H,4-11,13H2,1H3. The van der Waals surface area contributed by atoms with Crippen molar-refractivity contribution in [3.8, 4) is 5.75 Å². The first kappa shape index (κ1) is 17.7. The van der Waals surface area contributed by atoms with Gasteiger partial charge in [0.05, 0.1) is 25.3 Å². The first-order valence-corrected chi connectivity index (χ1v) is 8.71. The lowest BCUT2D eigenvalue weighted by atomic mass is 10.1. The maximum Gasteiger partial charge on any atom is 0.257 e. The van der Waals surface area contributed by atoms with Crippen molar-refractivity contribution in [2.24, 2.45) is 0 Å². The maximum atomic E-state index is 12.6. The number of carbonyl (C=O) groups excluding carboxylic acids is 2. The average Bonchev–Trinajstić information content (AvgIpc) is 2.62. The second-order valence-electron chi connectivity index (χ2n) is 6.58. The van der Waals surface area contributed by atoms with Gasteiger partial charge >= 0.3 is 0 Å². The van der Waals surface area contributed by atoms with Crippen LogP contribution in [0.15, 0.2) is 18.2 Å². The Morgan fingerprint density at radius 1 is 1.04 bits per heavy atom. The molecule has 2 aliphatic rings. The smallest absolute Gasteiger partial charge is 0.257 e. The van der Waals surface area contributed by atoms with E-state index >= 15 is 0 Å². The van der Waals surface area contributed by atoms with Crippen molar-refractivity contribution in [1.29, 1.82) is 0 Å². The van der Waals surface area contributed by atoms with Crippen LogP contribution in [0, 0.1) is 6.92 Å². The second kappa shape index (κ2) is 7.84. The Bertz CT molecular complexity index is 635. The molecule has 0 bridgehead atoms. The number of piperazine rings is 1. The zero-order valence-corrected chi connectivity index (χ0v) is 14.6. The summed E-state index contributed by atoms with van der Waals surface area (Å²) < 4.78 is 5.30. The molecule has 2 amide bonds. The van der Waals surface area contributed by atoms with Crippen LogP contribution in [-0.2, 0) is 9.53 Å². The summed E-state index contributed by atoms with van der Waals surface area (Å²) in [7, 11) is 0. The highest BCUT2D eigenvalue weighted by Crippen LogP contribution is 2.21. The van der Waals surface area contributed by atoms with Crippen molar-refractivity contribution in [2.75, 3.05) is 59.0 Å². The van der Waals surface area contributed by atoms with Gasteiger partial charge in [-0.1, -0.05) is 6.07 Å². The van der Waals surface area contributed by atoms with Crippen LogP contribution in [0.2, 0.25) is 0 Å². The normalized spacial score (nSPS) is 19.1. The van der Waals surface area contributed by atoms with Crippen LogP contribution >= 0.6 is 0 Å². The summed E-state index contributed by atoms with van der Waals surface area (Å²) in [4.78, 5) is 30.6. The van der Waals surface area contributed by atoms with E-state index in [9.17, 15) is 14.7 Å². The van der Waals surface area contributed by atoms with Crippen LogP contribution in [-0.4, -0.2) is 90.6 Å². The van der Waals surface area contributed by atoms with E-state index in [-0.39, 0.29) is 17.6 Å². The number of aromatic hydroxyl groups is 1.